The Kier molecular flexibility index (Phi) is 7.15. The number of nitrogens with one attached hydrogen (secondary N) is 1. The van der Waals surface area contributed by atoms with Crippen molar-refractivity contribution in [3.63, 3.8) is 0 Å². The van der Waals surface area contributed by atoms with Gasteiger partial charge < -0.3 is 15.1 Å². The Hall–Kier alpha value is -2.31. The van der Waals surface area contributed by atoms with Crippen LogP contribution in [0.1, 0.15) is 37.4 Å². The summed E-state index contributed by atoms with van der Waals surface area (Å²) < 4.78 is 41.2. The van der Waals surface area contributed by atoms with Crippen molar-refractivity contribution < 1.29 is 18.0 Å². The molecule has 2 saturated heterocycles. The van der Waals surface area contributed by atoms with Crippen LogP contribution in [0.2, 0.25) is 0 Å². The maximum absolute atomic E-state index is 13.3. The van der Waals surface area contributed by atoms with Gasteiger partial charge in [-0.15, -0.1) is 0 Å². The average molecular weight is 574 g/mol. The molecule has 4 rings (SSSR count). The zero-order chi connectivity index (χ0) is 23.6. The number of urea groups is 1. The van der Waals surface area contributed by atoms with Crippen molar-refractivity contribution in [2.24, 2.45) is 5.92 Å². The van der Waals surface area contributed by atoms with E-state index in [1.807, 2.05) is 39.9 Å². The Labute approximate surface area is 204 Å². The number of carbonyl (C=O) groups is 1. The van der Waals surface area contributed by atoms with Gasteiger partial charge in [0.1, 0.15) is 17.3 Å². The van der Waals surface area contributed by atoms with Crippen LogP contribution in [0.15, 0.2) is 30.5 Å². The summed E-state index contributed by atoms with van der Waals surface area (Å²) in [6.07, 6.45) is 0.0619. The second-order valence-corrected chi connectivity index (χ2v) is 9.47. The molecule has 4 heterocycles. The van der Waals surface area contributed by atoms with Gasteiger partial charge in [0.15, 0.2) is 0 Å². The van der Waals surface area contributed by atoms with Crippen LogP contribution in [0.25, 0.3) is 0 Å². The number of aromatic nitrogens is 2. The van der Waals surface area contributed by atoms with Crippen molar-refractivity contribution in [3.8, 4) is 0 Å². The molecule has 2 amide bonds. The molecule has 0 spiro atoms. The fraction of sp³-hybridized carbons (Fsp3) is 0.500. The first-order valence-electron chi connectivity index (χ1n) is 11.0. The summed E-state index contributed by atoms with van der Waals surface area (Å²) in [5, 5.41) is 2.80. The smallest absolute Gasteiger partial charge is 0.356 e. The molecule has 0 saturated carbocycles. The number of carbonyl (C=O) groups excluding carboxylic acids is 1. The number of alkyl halides is 3. The van der Waals surface area contributed by atoms with Crippen LogP contribution in [-0.2, 0) is 12.7 Å². The number of rotatable bonds is 5. The van der Waals surface area contributed by atoms with Gasteiger partial charge in [-0.3, -0.25) is 0 Å². The van der Waals surface area contributed by atoms with Crippen LogP contribution in [-0.4, -0.2) is 42.2 Å². The Morgan fingerprint density at radius 2 is 1.88 bits per heavy atom. The molecule has 0 bridgehead atoms. The molecule has 0 aliphatic carbocycles. The number of amides is 2. The average Bonchev–Trinajstić information content (AvgIpc) is 2.76. The number of nitrogens with zero attached hydrogens (tertiary/aromatic N) is 5. The minimum Gasteiger partial charge on any atom is -0.356 e. The van der Waals surface area contributed by atoms with Crippen molar-refractivity contribution in [2.45, 2.75) is 38.9 Å². The van der Waals surface area contributed by atoms with Crippen molar-refractivity contribution in [2.75, 3.05) is 39.1 Å². The highest BCUT2D eigenvalue weighted by atomic mass is 127. The number of pyridine rings is 2. The van der Waals surface area contributed by atoms with Crippen molar-refractivity contribution >= 4 is 46.2 Å². The van der Waals surface area contributed by atoms with Crippen LogP contribution in [0.4, 0.5) is 35.3 Å². The van der Waals surface area contributed by atoms with E-state index in [-0.39, 0.29) is 18.4 Å². The predicted molar refractivity (Wildman–Crippen MR) is 130 cm³/mol. The van der Waals surface area contributed by atoms with E-state index < -0.39 is 11.9 Å². The van der Waals surface area contributed by atoms with E-state index in [4.69, 9.17) is 0 Å². The molecule has 2 aromatic rings. The summed E-state index contributed by atoms with van der Waals surface area (Å²) in [7, 11) is 0. The van der Waals surface area contributed by atoms with E-state index in [1.54, 1.807) is 6.20 Å². The Bertz CT molecular complexity index is 975. The van der Waals surface area contributed by atoms with E-state index in [9.17, 15) is 18.0 Å². The first-order valence-corrected chi connectivity index (χ1v) is 12.0. The predicted octanol–water partition coefficient (Wildman–Crippen LogP) is 5.01. The molecular weight excluding hydrogens is 548 g/mol. The highest BCUT2D eigenvalue weighted by Gasteiger charge is 2.34. The molecule has 7 nitrogen and oxygen atoms in total. The van der Waals surface area contributed by atoms with Gasteiger partial charge in [-0.05, 0) is 43.4 Å². The fourth-order valence-corrected chi connectivity index (χ4v) is 4.31. The third-order valence-electron chi connectivity index (χ3n) is 6.08. The summed E-state index contributed by atoms with van der Waals surface area (Å²) in [4.78, 5) is 25.1. The van der Waals surface area contributed by atoms with Gasteiger partial charge in [0.2, 0.25) is 0 Å². The lowest BCUT2D eigenvalue weighted by molar-refractivity contribution is -0.141. The quantitative estimate of drug-likeness (QED) is 0.402. The molecule has 2 fully saturated rings. The van der Waals surface area contributed by atoms with Gasteiger partial charge >= 0.3 is 12.2 Å². The highest BCUT2D eigenvalue weighted by molar-refractivity contribution is 14.1. The maximum atomic E-state index is 13.3. The third kappa shape index (κ3) is 5.61. The van der Waals surface area contributed by atoms with E-state index in [0.29, 0.717) is 30.3 Å². The summed E-state index contributed by atoms with van der Waals surface area (Å²) in [5.74, 6) is 1.70. The molecule has 11 heteroatoms. The Morgan fingerprint density at radius 1 is 1.15 bits per heavy atom. The number of anilines is 3. The van der Waals surface area contributed by atoms with Crippen LogP contribution in [0, 0.1) is 5.92 Å². The van der Waals surface area contributed by atoms with Gasteiger partial charge in [-0.25, -0.2) is 17.9 Å². The largest absolute Gasteiger partial charge is 0.433 e. The van der Waals surface area contributed by atoms with E-state index in [1.165, 1.54) is 9.18 Å². The van der Waals surface area contributed by atoms with Gasteiger partial charge in [0, 0.05) is 38.3 Å². The molecule has 0 radical (unpaired) electrons. The molecule has 178 valence electrons. The topological polar surface area (TPSA) is 64.6 Å². The fourth-order valence-electron chi connectivity index (χ4n) is 3.85. The molecule has 2 aliphatic rings. The van der Waals surface area contributed by atoms with Gasteiger partial charge in [0.05, 0.1) is 34.7 Å². The van der Waals surface area contributed by atoms with Gasteiger partial charge in [-0.2, -0.15) is 13.2 Å². The lowest BCUT2D eigenvalue weighted by Crippen LogP contribution is -2.38. The summed E-state index contributed by atoms with van der Waals surface area (Å²) in [6.45, 7) is 5.47. The second kappa shape index (κ2) is 9.90. The van der Waals surface area contributed by atoms with E-state index in [0.717, 1.165) is 44.2 Å². The Morgan fingerprint density at radius 3 is 2.45 bits per heavy atom. The minimum atomic E-state index is -4.52. The van der Waals surface area contributed by atoms with Crippen LogP contribution in [0.3, 0.4) is 0 Å². The summed E-state index contributed by atoms with van der Waals surface area (Å²) in [6, 6.07) is 5.70. The molecular formula is C22H26F3IN6O. The molecule has 0 atom stereocenters. The van der Waals surface area contributed by atoms with Gasteiger partial charge in [0.25, 0.3) is 0 Å². The van der Waals surface area contributed by atoms with Crippen LogP contribution in [0.5, 0.6) is 0 Å². The van der Waals surface area contributed by atoms with E-state index in [2.05, 4.69) is 27.1 Å². The first kappa shape index (κ1) is 23.8. The number of hydrogen-bond acceptors (Lipinski definition) is 5. The van der Waals surface area contributed by atoms with Crippen LogP contribution < -0.4 is 18.2 Å². The van der Waals surface area contributed by atoms with Crippen molar-refractivity contribution in [1.29, 1.82) is 0 Å². The monoisotopic (exact) mass is 574 g/mol. The lowest BCUT2D eigenvalue weighted by atomic mass is 9.99. The molecule has 2 aliphatic heterocycles. The number of piperidine rings is 1. The molecule has 0 unspecified atom stereocenters. The Balaban J connectivity index is 1.45. The minimum absolute atomic E-state index is 0.0736. The lowest BCUT2D eigenvalue weighted by Gasteiger charge is -2.33. The molecule has 0 aromatic carbocycles. The van der Waals surface area contributed by atoms with E-state index >= 15 is 0 Å². The number of hydrogen-bond donors (Lipinski definition) is 1. The normalized spacial score (nSPS) is 17.0. The molecule has 2 aromatic heterocycles. The summed E-state index contributed by atoms with van der Waals surface area (Å²) in [5.41, 5.74) is 0.255. The number of halogens is 4. The first-order chi connectivity index (χ1) is 15.7. The zero-order valence-electron chi connectivity index (χ0n) is 18.3. The second-order valence-electron chi connectivity index (χ2n) is 8.50. The van der Waals surface area contributed by atoms with Crippen LogP contribution >= 0.6 is 22.9 Å². The van der Waals surface area contributed by atoms with Crippen molar-refractivity contribution in [1.82, 2.24) is 15.3 Å². The standard InChI is InChI=1S/C22H26F3IN6O/c1-15-7-11-31(12-8-15)20-16(3-5-18(29-20)22(23,24)25)13-28-21(33)32(26)17-4-6-19(27-14-17)30-9-2-10-30/h3-6,14-15H,2,7-13H2,1H3,(H,28,33). The highest BCUT2D eigenvalue weighted by Crippen LogP contribution is 2.32. The maximum Gasteiger partial charge on any atom is 0.433 e. The SMILES string of the molecule is CC1CCN(c2nc(C(F)(F)F)ccc2CNC(=O)N(I)c2ccc(N3CCC3)nc2)CC1. The molecule has 33 heavy (non-hydrogen) atoms. The van der Waals surface area contributed by atoms with Gasteiger partial charge in [-0.1, -0.05) is 13.0 Å². The summed E-state index contributed by atoms with van der Waals surface area (Å²) >= 11 is 1.89. The third-order valence-corrected chi connectivity index (χ3v) is 7.07. The molecule has 1 N–H and O–H groups in total. The van der Waals surface area contributed by atoms with Crippen molar-refractivity contribution in [3.05, 3.63) is 41.7 Å². The zero-order valence-corrected chi connectivity index (χ0v) is 20.4.